The van der Waals surface area contributed by atoms with E-state index in [-0.39, 0.29) is 0 Å². The van der Waals surface area contributed by atoms with Gasteiger partial charge in [0.2, 0.25) is 0 Å². The normalized spacial score (nSPS) is 19.7. The second-order valence-electron chi connectivity index (χ2n) is 3.97. The van der Waals surface area contributed by atoms with Crippen molar-refractivity contribution in [2.75, 3.05) is 20.4 Å². The number of halogens is 2. The van der Waals surface area contributed by atoms with Crippen molar-refractivity contribution >= 4 is 40.1 Å². The third kappa shape index (κ3) is 3.78. The van der Waals surface area contributed by atoms with Gasteiger partial charge in [-0.2, -0.15) is 0 Å². The van der Waals surface area contributed by atoms with Crippen molar-refractivity contribution < 1.29 is 4.90 Å². The molecule has 92 valence electrons. The van der Waals surface area contributed by atoms with Crippen LogP contribution >= 0.6 is 35.0 Å². The number of nitrogens with one attached hydrogen (secondary N) is 2. The average Bonchev–Trinajstić information content (AvgIpc) is 2.33. The Bertz CT molecular complexity index is 437. The van der Waals surface area contributed by atoms with E-state index in [2.05, 4.69) is 17.4 Å². The first-order valence-corrected chi connectivity index (χ1v) is 7.05. The molecule has 2 rings (SSSR count). The molecule has 2 N–H and O–H groups in total. The van der Waals surface area contributed by atoms with Crippen LogP contribution in [0.3, 0.4) is 0 Å². The smallest absolute Gasteiger partial charge is 0.175 e. The van der Waals surface area contributed by atoms with Crippen molar-refractivity contribution in [1.29, 1.82) is 0 Å². The van der Waals surface area contributed by atoms with E-state index in [1.54, 1.807) is 11.8 Å². The highest BCUT2D eigenvalue weighted by Crippen LogP contribution is 2.24. The number of thioether (sulfide) groups is 1. The van der Waals surface area contributed by atoms with E-state index < -0.39 is 0 Å². The average molecular weight is 291 g/mol. The zero-order valence-corrected chi connectivity index (χ0v) is 11.8. The summed E-state index contributed by atoms with van der Waals surface area (Å²) in [7, 11) is 2.11. The summed E-state index contributed by atoms with van der Waals surface area (Å²) in [5.41, 5.74) is 1.15. The lowest BCUT2D eigenvalue weighted by molar-refractivity contribution is -0.882. The molecular weight excluding hydrogens is 277 g/mol. The summed E-state index contributed by atoms with van der Waals surface area (Å²) in [5.74, 6) is 0.849. The van der Waals surface area contributed by atoms with Crippen molar-refractivity contribution in [2.24, 2.45) is 4.99 Å². The van der Waals surface area contributed by atoms with Crippen molar-refractivity contribution in [2.45, 2.75) is 5.75 Å². The second kappa shape index (κ2) is 5.96. The van der Waals surface area contributed by atoms with E-state index in [9.17, 15) is 0 Å². The van der Waals surface area contributed by atoms with Crippen LogP contribution in [0.15, 0.2) is 23.2 Å². The van der Waals surface area contributed by atoms with Crippen molar-refractivity contribution in [3.8, 4) is 0 Å². The number of hydrogen-bond donors (Lipinski definition) is 2. The third-order valence-corrected chi connectivity index (χ3v) is 4.16. The molecule has 1 aliphatic rings. The number of amidine groups is 1. The monoisotopic (exact) mass is 290 g/mol. The minimum atomic E-state index is 0.596. The summed E-state index contributed by atoms with van der Waals surface area (Å²) >= 11 is 13.5. The van der Waals surface area contributed by atoms with Crippen LogP contribution in [0, 0.1) is 0 Å². The number of quaternary nitrogens is 1. The minimum absolute atomic E-state index is 0.596. The SMILES string of the molecule is C[NH+]1CN=C(SCc2ccc(Cl)c(Cl)c2)NC1. The molecule has 0 amide bonds. The van der Waals surface area contributed by atoms with Gasteiger partial charge in [0.15, 0.2) is 18.5 Å². The number of benzene rings is 1. The molecule has 1 aromatic rings. The van der Waals surface area contributed by atoms with E-state index in [1.165, 1.54) is 4.90 Å². The molecule has 0 aromatic heterocycles. The molecule has 0 radical (unpaired) electrons. The maximum absolute atomic E-state index is 5.96. The molecule has 1 atom stereocenters. The lowest BCUT2D eigenvalue weighted by atomic mass is 10.2. The summed E-state index contributed by atoms with van der Waals surface area (Å²) in [5, 5.41) is 5.48. The van der Waals surface area contributed by atoms with Crippen molar-refractivity contribution in [3.63, 3.8) is 0 Å². The molecule has 0 saturated carbocycles. The zero-order chi connectivity index (χ0) is 12.3. The standard InChI is InChI=1S/C11H13Cl2N3S/c1-16-6-14-11(15-7-16)17-5-8-2-3-9(12)10(13)4-8/h2-4H,5-7H2,1H3,(H,14,15)/p+1. The van der Waals surface area contributed by atoms with Crippen LogP contribution in [0.4, 0.5) is 0 Å². The Hall–Kier alpha value is -0.420. The van der Waals surface area contributed by atoms with Gasteiger partial charge in [-0.15, -0.1) is 0 Å². The molecule has 0 spiro atoms. The third-order valence-electron chi connectivity index (χ3n) is 2.39. The fraction of sp³-hybridized carbons (Fsp3) is 0.364. The summed E-state index contributed by atoms with van der Waals surface area (Å²) in [6, 6.07) is 5.72. The second-order valence-corrected chi connectivity index (χ2v) is 5.75. The topological polar surface area (TPSA) is 28.8 Å². The zero-order valence-electron chi connectivity index (χ0n) is 9.46. The lowest BCUT2D eigenvalue weighted by Crippen LogP contribution is -3.11. The molecule has 0 bridgehead atoms. The molecular formula is C11H14Cl2N3S+. The quantitative estimate of drug-likeness (QED) is 0.867. The van der Waals surface area contributed by atoms with Gasteiger partial charge in [-0.25, -0.2) is 4.99 Å². The van der Waals surface area contributed by atoms with E-state index in [1.807, 2.05) is 18.2 Å². The molecule has 0 fully saturated rings. The maximum Gasteiger partial charge on any atom is 0.175 e. The Morgan fingerprint density at radius 1 is 1.41 bits per heavy atom. The van der Waals surface area contributed by atoms with Gasteiger partial charge in [-0.1, -0.05) is 41.0 Å². The lowest BCUT2D eigenvalue weighted by Gasteiger charge is -2.19. The summed E-state index contributed by atoms with van der Waals surface area (Å²) in [4.78, 5) is 5.80. The first-order valence-electron chi connectivity index (χ1n) is 5.31. The predicted octanol–water partition coefficient (Wildman–Crippen LogP) is 1.62. The van der Waals surface area contributed by atoms with Gasteiger partial charge in [0, 0.05) is 5.75 Å². The minimum Gasteiger partial charge on any atom is -0.318 e. The summed E-state index contributed by atoms with van der Waals surface area (Å²) in [6.45, 7) is 1.75. The molecule has 17 heavy (non-hydrogen) atoms. The fourth-order valence-corrected chi connectivity index (χ4v) is 2.56. The van der Waals surface area contributed by atoms with Crippen LogP contribution in [-0.2, 0) is 5.75 Å². The van der Waals surface area contributed by atoms with Gasteiger partial charge in [-0.3, -0.25) is 0 Å². The predicted molar refractivity (Wildman–Crippen MR) is 74.9 cm³/mol. The molecule has 0 aliphatic carbocycles. The number of nitrogens with zero attached hydrogens (tertiary/aromatic N) is 1. The molecule has 6 heteroatoms. The van der Waals surface area contributed by atoms with Crippen LogP contribution in [0.5, 0.6) is 0 Å². The first-order chi connectivity index (χ1) is 8.15. The van der Waals surface area contributed by atoms with Crippen molar-refractivity contribution in [3.05, 3.63) is 33.8 Å². The fourth-order valence-electron chi connectivity index (χ4n) is 1.42. The van der Waals surface area contributed by atoms with E-state index in [0.29, 0.717) is 10.0 Å². The Morgan fingerprint density at radius 2 is 2.24 bits per heavy atom. The molecule has 1 heterocycles. The highest BCUT2D eigenvalue weighted by molar-refractivity contribution is 8.13. The first kappa shape index (κ1) is 13.0. The highest BCUT2D eigenvalue weighted by atomic mass is 35.5. The van der Waals surface area contributed by atoms with Gasteiger partial charge < -0.3 is 10.2 Å². The maximum atomic E-state index is 5.96. The molecule has 1 aromatic carbocycles. The number of aliphatic imine (C=N–C) groups is 1. The van der Waals surface area contributed by atoms with Gasteiger partial charge in [0.25, 0.3) is 0 Å². The van der Waals surface area contributed by atoms with Crippen LogP contribution in [0.1, 0.15) is 5.56 Å². The van der Waals surface area contributed by atoms with E-state index >= 15 is 0 Å². The Morgan fingerprint density at radius 3 is 2.88 bits per heavy atom. The highest BCUT2D eigenvalue weighted by Gasteiger charge is 2.11. The van der Waals surface area contributed by atoms with Crippen LogP contribution in [0.25, 0.3) is 0 Å². The molecule has 0 saturated heterocycles. The summed E-state index contributed by atoms with van der Waals surface area (Å²) in [6.07, 6.45) is 0. The Kier molecular flexibility index (Phi) is 4.56. The van der Waals surface area contributed by atoms with E-state index in [0.717, 1.165) is 29.8 Å². The molecule has 1 aliphatic heterocycles. The van der Waals surface area contributed by atoms with E-state index in [4.69, 9.17) is 23.2 Å². The molecule has 1 unspecified atom stereocenters. The Labute approximate surface area is 115 Å². The van der Waals surface area contributed by atoms with Gasteiger partial charge in [-0.05, 0) is 17.7 Å². The summed E-state index contributed by atoms with van der Waals surface area (Å²) < 4.78 is 0. The van der Waals surface area contributed by atoms with Crippen LogP contribution < -0.4 is 10.2 Å². The molecule has 3 nitrogen and oxygen atoms in total. The van der Waals surface area contributed by atoms with Crippen LogP contribution in [0.2, 0.25) is 10.0 Å². The Balaban J connectivity index is 1.91. The van der Waals surface area contributed by atoms with Gasteiger partial charge in [0.1, 0.15) is 0 Å². The van der Waals surface area contributed by atoms with Crippen LogP contribution in [-0.4, -0.2) is 25.6 Å². The van der Waals surface area contributed by atoms with Gasteiger partial charge >= 0.3 is 0 Å². The van der Waals surface area contributed by atoms with Gasteiger partial charge in [0.05, 0.1) is 17.1 Å². The number of rotatable bonds is 2. The largest absolute Gasteiger partial charge is 0.318 e. The number of hydrogen-bond acceptors (Lipinski definition) is 3. The van der Waals surface area contributed by atoms with Crippen molar-refractivity contribution in [1.82, 2.24) is 5.32 Å².